The van der Waals surface area contributed by atoms with Gasteiger partial charge >= 0.3 is 0 Å². The third-order valence-corrected chi connectivity index (χ3v) is 3.21. The molecule has 1 heterocycles. The lowest BCUT2D eigenvalue weighted by molar-refractivity contribution is 0.302. The summed E-state index contributed by atoms with van der Waals surface area (Å²) in [4.78, 5) is 8.27. The lowest BCUT2D eigenvalue weighted by atomic mass is 10.0. The molecule has 1 aliphatic rings. The molecule has 98 valence electrons. The molecule has 1 saturated carbocycles. The number of nitrogens with zero attached hydrogens (tertiary/aromatic N) is 2. The molecule has 4 heteroatoms. The maximum absolute atomic E-state index is 5.84. The van der Waals surface area contributed by atoms with E-state index in [1.807, 2.05) is 25.2 Å². The zero-order valence-corrected chi connectivity index (χ0v) is 10.9. The predicted molar refractivity (Wildman–Crippen MR) is 73.0 cm³/mol. The first kappa shape index (κ1) is 12.1. The quantitative estimate of drug-likeness (QED) is 0.890. The van der Waals surface area contributed by atoms with Gasteiger partial charge in [0, 0.05) is 6.20 Å². The van der Waals surface area contributed by atoms with Crippen molar-refractivity contribution < 1.29 is 4.74 Å². The Bertz CT molecular complexity index is 540. The number of nitrogens with one attached hydrogen (secondary N) is 1. The van der Waals surface area contributed by atoms with Gasteiger partial charge in [-0.1, -0.05) is 12.1 Å². The van der Waals surface area contributed by atoms with E-state index in [-0.39, 0.29) is 6.04 Å². The fourth-order valence-corrected chi connectivity index (χ4v) is 2.10. The molecule has 2 aromatic rings. The van der Waals surface area contributed by atoms with Gasteiger partial charge in [-0.15, -0.1) is 0 Å². The molecule has 0 amide bonds. The van der Waals surface area contributed by atoms with Crippen LogP contribution in [0.5, 0.6) is 5.75 Å². The van der Waals surface area contributed by atoms with Crippen molar-refractivity contribution in [3.63, 3.8) is 0 Å². The molecular formula is C15H17N3O. The summed E-state index contributed by atoms with van der Waals surface area (Å²) in [6.07, 6.45) is 6.10. The molecule has 1 unspecified atom stereocenters. The minimum absolute atomic E-state index is 0.0609. The van der Waals surface area contributed by atoms with Gasteiger partial charge in [0.1, 0.15) is 12.1 Å². The normalized spacial score (nSPS) is 16.1. The van der Waals surface area contributed by atoms with Gasteiger partial charge in [0.05, 0.1) is 17.8 Å². The Hall–Kier alpha value is -1.94. The van der Waals surface area contributed by atoms with Crippen LogP contribution in [0.25, 0.3) is 0 Å². The van der Waals surface area contributed by atoms with Crippen molar-refractivity contribution in [3.05, 3.63) is 54.1 Å². The van der Waals surface area contributed by atoms with Crippen LogP contribution >= 0.6 is 0 Å². The van der Waals surface area contributed by atoms with Crippen molar-refractivity contribution in [2.24, 2.45) is 0 Å². The van der Waals surface area contributed by atoms with E-state index in [9.17, 15) is 0 Å². The Balaban J connectivity index is 1.86. The summed E-state index contributed by atoms with van der Waals surface area (Å²) < 4.78 is 5.84. The van der Waals surface area contributed by atoms with Crippen LogP contribution in [0, 0.1) is 0 Å². The van der Waals surface area contributed by atoms with Crippen LogP contribution in [-0.2, 0) is 0 Å². The number of benzene rings is 1. The molecule has 1 aromatic heterocycles. The van der Waals surface area contributed by atoms with Gasteiger partial charge in [0.15, 0.2) is 0 Å². The molecule has 1 aromatic carbocycles. The first-order chi connectivity index (χ1) is 9.36. The van der Waals surface area contributed by atoms with Crippen molar-refractivity contribution in [2.45, 2.75) is 25.0 Å². The molecule has 4 nitrogen and oxygen atoms in total. The topological polar surface area (TPSA) is 47.0 Å². The highest BCUT2D eigenvalue weighted by Crippen LogP contribution is 2.29. The molecule has 0 bridgehead atoms. The van der Waals surface area contributed by atoms with Crippen molar-refractivity contribution in [2.75, 3.05) is 7.05 Å². The van der Waals surface area contributed by atoms with Gasteiger partial charge in [-0.25, -0.2) is 9.97 Å². The molecule has 1 fully saturated rings. The SMILES string of the molecule is CNC(c1cccc(OC2CC2)c1)c1ccncn1. The Morgan fingerprint density at radius 2 is 2.21 bits per heavy atom. The summed E-state index contributed by atoms with van der Waals surface area (Å²) in [6.45, 7) is 0. The van der Waals surface area contributed by atoms with Crippen molar-refractivity contribution in [1.29, 1.82) is 0 Å². The van der Waals surface area contributed by atoms with Gasteiger partial charge < -0.3 is 10.1 Å². The average Bonchev–Trinajstić information content (AvgIpc) is 3.25. The van der Waals surface area contributed by atoms with Crippen LogP contribution in [-0.4, -0.2) is 23.1 Å². The third kappa shape index (κ3) is 2.90. The molecule has 1 N–H and O–H groups in total. The second-order valence-corrected chi connectivity index (χ2v) is 4.75. The summed E-state index contributed by atoms with van der Waals surface area (Å²) in [5.74, 6) is 0.939. The van der Waals surface area contributed by atoms with Gasteiger partial charge in [-0.05, 0) is 43.7 Å². The predicted octanol–water partition coefficient (Wildman–Crippen LogP) is 2.33. The monoisotopic (exact) mass is 255 g/mol. The zero-order chi connectivity index (χ0) is 13.1. The fourth-order valence-electron chi connectivity index (χ4n) is 2.10. The van der Waals surface area contributed by atoms with Crippen LogP contribution in [0.3, 0.4) is 0 Å². The molecule has 0 radical (unpaired) electrons. The molecule has 0 spiro atoms. The molecule has 1 atom stereocenters. The van der Waals surface area contributed by atoms with E-state index in [1.165, 1.54) is 12.8 Å². The Morgan fingerprint density at radius 1 is 1.32 bits per heavy atom. The largest absolute Gasteiger partial charge is 0.490 e. The highest BCUT2D eigenvalue weighted by atomic mass is 16.5. The lowest BCUT2D eigenvalue weighted by Crippen LogP contribution is -2.19. The van der Waals surface area contributed by atoms with Crippen molar-refractivity contribution in [3.8, 4) is 5.75 Å². The summed E-state index contributed by atoms with van der Waals surface area (Å²) in [7, 11) is 1.93. The first-order valence-electron chi connectivity index (χ1n) is 6.56. The number of rotatable bonds is 5. The lowest BCUT2D eigenvalue weighted by Gasteiger charge is -2.16. The van der Waals surface area contributed by atoms with Crippen molar-refractivity contribution in [1.82, 2.24) is 15.3 Å². The van der Waals surface area contributed by atoms with Gasteiger partial charge in [0.2, 0.25) is 0 Å². The molecule has 19 heavy (non-hydrogen) atoms. The minimum atomic E-state index is 0.0609. The summed E-state index contributed by atoms with van der Waals surface area (Å²) >= 11 is 0. The Kier molecular flexibility index (Phi) is 3.42. The van der Waals surface area contributed by atoms with Crippen LogP contribution in [0.15, 0.2) is 42.9 Å². The van der Waals surface area contributed by atoms with Crippen LogP contribution < -0.4 is 10.1 Å². The maximum atomic E-state index is 5.84. The highest BCUT2D eigenvalue weighted by Gasteiger charge is 2.23. The van der Waals surface area contributed by atoms with Crippen molar-refractivity contribution >= 4 is 0 Å². The van der Waals surface area contributed by atoms with E-state index in [2.05, 4.69) is 27.4 Å². The molecule has 0 aliphatic heterocycles. The second kappa shape index (κ2) is 5.36. The fraction of sp³-hybridized carbons (Fsp3) is 0.333. The van der Waals surface area contributed by atoms with E-state index in [4.69, 9.17) is 4.74 Å². The second-order valence-electron chi connectivity index (χ2n) is 4.75. The third-order valence-electron chi connectivity index (χ3n) is 3.21. The van der Waals surface area contributed by atoms with E-state index in [1.54, 1.807) is 12.5 Å². The molecular weight excluding hydrogens is 238 g/mol. The maximum Gasteiger partial charge on any atom is 0.120 e. The van der Waals surface area contributed by atoms with Crippen LogP contribution in [0.1, 0.15) is 30.1 Å². The molecule has 1 aliphatic carbocycles. The summed E-state index contributed by atoms with van der Waals surface area (Å²) in [5.41, 5.74) is 2.11. The summed E-state index contributed by atoms with van der Waals surface area (Å²) in [5, 5.41) is 3.28. The van der Waals surface area contributed by atoms with Crippen LogP contribution in [0.4, 0.5) is 0 Å². The van der Waals surface area contributed by atoms with Crippen LogP contribution in [0.2, 0.25) is 0 Å². The van der Waals surface area contributed by atoms with Gasteiger partial charge in [-0.2, -0.15) is 0 Å². The van der Waals surface area contributed by atoms with E-state index in [0.717, 1.165) is 17.0 Å². The number of hydrogen-bond donors (Lipinski definition) is 1. The zero-order valence-electron chi connectivity index (χ0n) is 10.9. The number of aromatic nitrogens is 2. The van der Waals surface area contributed by atoms with Gasteiger partial charge in [0.25, 0.3) is 0 Å². The summed E-state index contributed by atoms with van der Waals surface area (Å²) in [6, 6.07) is 10.2. The Morgan fingerprint density at radius 3 is 2.89 bits per heavy atom. The number of hydrogen-bond acceptors (Lipinski definition) is 4. The first-order valence-corrected chi connectivity index (χ1v) is 6.56. The average molecular weight is 255 g/mol. The van der Waals surface area contributed by atoms with E-state index >= 15 is 0 Å². The van der Waals surface area contributed by atoms with Gasteiger partial charge in [-0.3, -0.25) is 0 Å². The standard InChI is InChI=1S/C15H17N3O/c1-16-15(14-7-8-17-10-18-14)11-3-2-4-13(9-11)19-12-5-6-12/h2-4,7-10,12,15-16H,5-6H2,1H3. The van der Waals surface area contributed by atoms with E-state index < -0.39 is 0 Å². The Labute approximate surface area is 112 Å². The smallest absolute Gasteiger partial charge is 0.120 e. The molecule has 3 rings (SSSR count). The minimum Gasteiger partial charge on any atom is -0.490 e. The number of ether oxygens (including phenoxy) is 1. The highest BCUT2D eigenvalue weighted by molar-refractivity contribution is 5.34. The molecule has 0 saturated heterocycles. The van der Waals surface area contributed by atoms with E-state index in [0.29, 0.717) is 6.10 Å².